The second kappa shape index (κ2) is 7.72. The molecule has 2 N–H and O–H groups in total. The van der Waals surface area contributed by atoms with Gasteiger partial charge in [-0.15, -0.1) is 0 Å². The predicted molar refractivity (Wildman–Crippen MR) is 79.3 cm³/mol. The maximum atomic E-state index is 12.8. The minimum atomic E-state index is -0.523. The summed E-state index contributed by atoms with van der Waals surface area (Å²) in [6.07, 6.45) is 0.275. The molecular formula is C16H26FNO2. The summed E-state index contributed by atoms with van der Waals surface area (Å²) < 4.78 is 18.3. The molecule has 0 saturated carbocycles. The van der Waals surface area contributed by atoms with Crippen LogP contribution in [0.1, 0.15) is 33.3 Å². The van der Waals surface area contributed by atoms with Crippen LogP contribution >= 0.6 is 0 Å². The van der Waals surface area contributed by atoms with Crippen molar-refractivity contribution in [1.29, 1.82) is 0 Å². The van der Waals surface area contributed by atoms with E-state index in [1.807, 2.05) is 27.7 Å². The number of aliphatic hydroxyl groups excluding tert-OH is 1. The molecule has 3 nitrogen and oxygen atoms in total. The van der Waals surface area contributed by atoms with E-state index in [4.69, 9.17) is 4.74 Å². The Balaban J connectivity index is 2.25. The predicted octanol–water partition coefficient (Wildman–Crippen LogP) is 2.52. The van der Waals surface area contributed by atoms with Crippen LogP contribution in [0.25, 0.3) is 0 Å². The van der Waals surface area contributed by atoms with Gasteiger partial charge in [-0.25, -0.2) is 4.39 Å². The molecule has 1 aromatic carbocycles. The summed E-state index contributed by atoms with van der Waals surface area (Å²) in [5.41, 5.74) is 0.840. The average molecular weight is 283 g/mol. The largest absolute Gasteiger partial charge is 0.389 e. The molecule has 0 radical (unpaired) electrons. The number of hydrogen-bond donors (Lipinski definition) is 2. The number of ether oxygens (including phenoxy) is 1. The second-order valence-corrected chi connectivity index (χ2v) is 6.22. The van der Waals surface area contributed by atoms with Gasteiger partial charge in [-0.3, -0.25) is 0 Å². The fourth-order valence-corrected chi connectivity index (χ4v) is 1.79. The lowest BCUT2D eigenvalue weighted by Gasteiger charge is -2.23. The van der Waals surface area contributed by atoms with Gasteiger partial charge in [0.15, 0.2) is 0 Å². The molecule has 0 fully saturated rings. The molecule has 114 valence electrons. The van der Waals surface area contributed by atoms with E-state index in [-0.39, 0.29) is 17.5 Å². The first kappa shape index (κ1) is 17.1. The van der Waals surface area contributed by atoms with Gasteiger partial charge in [0, 0.05) is 12.6 Å². The van der Waals surface area contributed by atoms with Crippen LogP contribution in [-0.4, -0.2) is 36.0 Å². The van der Waals surface area contributed by atoms with Gasteiger partial charge in [0.25, 0.3) is 0 Å². The fourth-order valence-electron chi connectivity index (χ4n) is 1.79. The van der Waals surface area contributed by atoms with Crippen LogP contribution in [0.15, 0.2) is 24.3 Å². The van der Waals surface area contributed by atoms with Crippen LogP contribution in [0.4, 0.5) is 4.39 Å². The van der Waals surface area contributed by atoms with E-state index in [1.165, 1.54) is 12.1 Å². The lowest BCUT2D eigenvalue weighted by molar-refractivity contribution is -0.0482. The van der Waals surface area contributed by atoms with E-state index in [2.05, 4.69) is 5.32 Å². The number of aliphatic hydroxyl groups is 1. The smallest absolute Gasteiger partial charge is 0.123 e. The van der Waals surface area contributed by atoms with Gasteiger partial charge in [0.2, 0.25) is 0 Å². The summed E-state index contributed by atoms with van der Waals surface area (Å²) in [6, 6.07) is 6.71. The van der Waals surface area contributed by atoms with Crippen molar-refractivity contribution in [3.05, 3.63) is 35.6 Å². The Morgan fingerprint density at radius 3 is 2.40 bits per heavy atom. The van der Waals surface area contributed by atoms with E-state index in [0.29, 0.717) is 13.2 Å². The first-order valence-electron chi connectivity index (χ1n) is 7.06. The Hall–Kier alpha value is -0.970. The second-order valence-electron chi connectivity index (χ2n) is 6.22. The molecule has 0 saturated heterocycles. The highest BCUT2D eigenvalue weighted by atomic mass is 19.1. The van der Waals surface area contributed by atoms with Crippen LogP contribution in [-0.2, 0) is 11.2 Å². The number of nitrogens with one attached hydrogen (secondary N) is 1. The van der Waals surface area contributed by atoms with Crippen molar-refractivity contribution in [2.24, 2.45) is 0 Å². The molecule has 0 aromatic heterocycles. The fraction of sp³-hybridized carbons (Fsp3) is 0.625. The third-order valence-electron chi connectivity index (χ3n) is 2.87. The molecule has 0 aliphatic carbocycles. The van der Waals surface area contributed by atoms with Crippen molar-refractivity contribution in [1.82, 2.24) is 5.32 Å². The molecule has 4 heteroatoms. The Bertz CT molecular complexity index is 386. The van der Waals surface area contributed by atoms with Crippen LogP contribution in [0.3, 0.4) is 0 Å². The number of hydrogen-bond acceptors (Lipinski definition) is 3. The summed E-state index contributed by atoms with van der Waals surface area (Å²) >= 11 is 0. The summed E-state index contributed by atoms with van der Waals surface area (Å²) in [6.45, 7) is 8.73. The lowest BCUT2D eigenvalue weighted by Crippen LogP contribution is -2.38. The lowest BCUT2D eigenvalue weighted by atomic mass is 10.1. The minimum Gasteiger partial charge on any atom is -0.389 e. The monoisotopic (exact) mass is 283 g/mol. The molecule has 2 atom stereocenters. The van der Waals surface area contributed by atoms with Gasteiger partial charge >= 0.3 is 0 Å². The van der Waals surface area contributed by atoms with Gasteiger partial charge in [-0.2, -0.15) is 0 Å². The first-order chi connectivity index (χ1) is 9.26. The van der Waals surface area contributed by atoms with Crippen molar-refractivity contribution < 1.29 is 14.2 Å². The van der Waals surface area contributed by atoms with Crippen molar-refractivity contribution in [2.45, 2.75) is 51.9 Å². The molecular weight excluding hydrogens is 257 g/mol. The quantitative estimate of drug-likeness (QED) is 0.808. The maximum absolute atomic E-state index is 12.8. The van der Waals surface area contributed by atoms with Crippen LogP contribution in [0.2, 0.25) is 0 Å². The molecule has 1 rings (SSSR count). The van der Waals surface area contributed by atoms with E-state index in [9.17, 15) is 9.50 Å². The molecule has 0 heterocycles. The summed E-state index contributed by atoms with van der Waals surface area (Å²) in [7, 11) is 0. The number of halogens is 1. The van der Waals surface area contributed by atoms with Crippen LogP contribution < -0.4 is 5.32 Å². The third kappa shape index (κ3) is 7.58. The summed E-state index contributed by atoms with van der Waals surface area (Å²) in [5.74, 6) is -0.218. The van der Waals surface area contributed by atoms with E-state index in [0.717, 1.165) is 12.0 Å². The molecule has 20 heavy (non-hydrogen) atoms. The Morgan fingerprint density at radius 2 is 1.85 bits per heavy atom. The van der Waals surface area contributed by atoms with Crippen molar-refractivity contribution in [3.8, 4) is 0 Å². The zero-order valence-corrected chi connectivity index (χ0v) is 12.8. The Kier molecular flexibility index (Phi) is 6.59. The maximum Gasteiger partial charge on any atom is 0.123 e. The highest BCUT2D eigenvalue weighted by Crippen LogP contribution is 2.08. The zero-order chi connectivity index (χ0) is 15.2. The van der Waals surface area contributed by atoms with Crippen LogP contribution in [0.5, 0.6) is 0 Å². The standard InChI is InChI=1S/C16H26FNO2/c1-12(9-13-5-7-14(17)8-6-13)18-10-15(19)11-20-16(2,3)4/h5-8,12,15,18-19H,9-11H2,1-4H3. The zero-order valence-electron chi connectivity index (χ0n) is 12.8. The highest BCUT2D eigenvalue weighted by Gasteiger charge is 2.14. The molecule has 1 aromatic rings. The van der Waals surface area contributed by atoms with Gasteiger partial charge in [0.1, 0.15) is 5.82 Å². The van der Waals surface area contributed by atoms with Gasteiger partial charge < -0.3 is 15.2 Å². The molecule has 0 amide bonds. The van der Waals surface area contributed by atoms with Gasteiger partial charge in [-0.05, 0) is 51.8 Å². The van der Waals surface area contributed by atoms with E-state index in [1.54, 1.807) is 12.1 Å². The third-order valence-corrected chi connectivity index (χ3v) is 2.87. The van der Waals surface area contributed by atoms with Crippen molar-refractivity contribution in [3.63, 3.8) is 0 Å². The Labute approximate surface area is 121 Å². The molecule has 0 aliphatic rings. The van der Waals surface area contributed by atoms with Crippen molar-refractivity contribution >= 4 is 0 Å². The highest BCUT2D eigenvalue weighted by molar-refractivity contribution is 5.16. The van der Waals surface area contributed by atoms with E-state index >= 15 is 0 Å². The van der Waals surface area contributed by atoms with E-state index < -0.39 is 6.10 Å². The summed E-state index contributed by atoms with van der Waals surface area (Å²) in [4.78, 5) is 0. The number of benzene rings is 1. The van der Waals surface area contributed by atoms with Gasteiger partial charge in [-0.1, -0.05) is 12.1 Å². The first-order valence-corrected chi connectivity index (χ1v) is 7.06. The normalized spacial score (nSPS) is 15.1. The number of rotatable bonds is 7. The SMILES string of the molecule is CC(Cc1ccc(F)cc1)NCC(O)COC(C)(C)C. The van der Waals surface area contributed by atoms with Crippen LogP contribution in [0, 0.1) is 5.82 Å². The average Bonchev–Trinajstić information content (AvgIpc) is 2.36. The van der Waals surface area contributed by atoms with Crippen molar-refractivity contribution in [2.75, 3.05) is 13.2 Å². The van der Waals surface area contributed by atoms with Gasteiger partial charge in [0.05, 0.1) is 18.3 Å². The molecule has 0 bridgehead atoms. The topological polar surface area (TPSA) is 41.5 Å². The molecule has 0 aliphatic heterocycles. The molecule has 0 spiro atoms. The minimum absolute atomic E-state index is 0.213. The Morgan fingerprint density at radius 1 is 1.25 bits per heavy atom. The molecule has 2 unspecified atom stereocenters. The summed E-state index contributed by atoms with van der Waals surface area (Å²) in [5, 5.41) is 13.1.